The zero-order valence-corrected chi connectivity index (χ0v) is 15.8. The van der Waals surface area contributed by atoms with Crippen LogP contribution in [0.4, 0.5) is 5.69 Å². The zero-order chi connectivity index (χ0) is 17.3. The molecule has 6 heteroatoms. The summed E-state index contributed by atoms with van der Waals surface area (Å²) in [5.74, 6) is 0.221. The molecule has 1 aromatic heterocycles. The van der Waals surface area contributed by atoms with E-state index in [0.29, 0.717) is 11.4 Å². The van der Waals surface area contributed by atoms with E-state index < -0.39 is 0 Å². The Morgan fingerprint density at radius 2 is 2.00 bits per heavy atom. The summed E-state index contributed by atoms with van der Waals surface area (Å²) in [5.41, 5.74) is 1.03. The van der Waals surface area contributed by atoms with Gasteiger partial charge in [-0.25, -0.2) is 0 Å². The average molecular weight is 364 g/mol. The van der Waals surface area contributed by atoms with Gasteiger partial charge < -0.3 is 4.90 Å². The maximum atomic E-state index is 12.8. The lowest BCUT2D eigenvalue weighted by atomic mass is 9.98. The quantitative estimate of drug-likeness (QED) is 0.813. The van der Waals surface area contributed by atoms with Crippen LogP contribution in [0.5, 0.6) is 0 Å². The Balaban J connectivity index is 1.72. The molecule has 0 unspecified atom stereocenters. The van der Waals surface area contributed by atoms with Crippen molar-refractivity contribution in [3.63, 3.8) is 0 Å². The fraction of sp³-hybridized carbons (Fsp3) is 0.500. The number of carbonyl (C=O) groups excluding carboxylic acids is 1. The van der Waals surface area contributed by atoms with Crippen molar-refractivity contribution in [2.45, 2.75) is 51.5 Å². The van der Waals surface area contributed by atoms with E-state index in [1.165, 1.54) is 0 Å². The van der Waals surface area contributed by atoms with E-state index in [9.17, 15) is 4.79 Å². The van der Waals surface area contributed by atoms with Gasteiger partial charge in [-0.1, -0.05) is 32.4 Å². The van der Waals surface area contributed by atoms with E-state index in [1.807, 2.05) is 24.3 Å². The van der Waals surface area contributed by atoms with Crippen LogP contribution in [0, 0.1) is 0 Å². The number of nitrogens with zero attached hydrogens (tertiary/aromatic N) is 3. The SMILES string of the molecule is CC(C)(C)c1nnc(CC(=O)[C@@H]2CCCN2c2ccc(Cl)cc2)s1. The molecular formula is C18H22ClN3OS. The van der Waals surface area contributed by atoms with E-state index in [2.05, 4.69) is 35.9 Å². The van der Waals surface area contributed by atoms with Gasteiger partial charge in [-0.15, -0.1) is 21.5 Å². The van der Waals surface area contributed by atoms with Crippen molar-refractivity contribution >= 4 is 34.4 Å². The Morgan fingerprint density at radius 3 is 2.62 bits per heavy atom. The molecule has 0 aliphatic carbocycles. The third-order valence-electron chi connectivity index (χ3n) is 4.22. The number of ketones is 1. The number of halogens is 1. The van der Waals surface area contributed by atoms with Crippen molar-refractivity contribution in [3.8, 4) is 0 Å². The van der Waals surface area contributed by atoms with Gasteiger partial charge in [0.25, 0.3) is 0 Å². The van der Waals surface area contributed by atoms with Crippen LogP contribution in [0.2, 0.25) is 5.02 Å². The van der Waals surface area contributed by atoms with Gasteiger partial charge in [-0.05, 0) is 37.1 Å². The first kappa shape index (κ1) is 17.4. The fourth-order valence-corrected chi connectivity index (χ4v) is 3.97. The topological polar surface area (TPSA) is 46.1 Å². The van der Waals surface area contributed by atoms with Gasteiger partial charge in [-0.3, -0.25) is 4.79 Å². The minimum Gasteiger partial charge on any atom is -0.361 e. The molecule has 0 spiro atoms. The van der Waals surface area contributed by atoms with E-state index in [1.54, 1.807) is 11.3 Å². The number of carbonyl (C=O) groups is 1. The third kappa shape index (κ3) is 3.78. The van der Waals surface area contributed by atoms with Crippen molar-refractivity contribution < 1.29 is 4.79 Å². The number of aromatic nitrogens is 2. The van der Waals surface area contributed by atoms with Crippen LogP contribution >= 0.6 is 22.9 Å². The van der Waals surface area contributed by atoms with Gasteiger partial charge in [0, 0.05) is 22.7 Å². The molecule has 4 nitrogen and oxygen atoms in total. The molecule has 2 aromatic rings. The second kappa shape index (κ2) is 6.81. The molecule has 0 bridgehead atoms. The van der Waals surface area contributed by atoms with Crippen LogP contribution in [0.1, 0.15) is 43.6 Å². The average Bonchev–Trinajstić information content (AvgIpc) is 3.16. The van der Waals surface area contributed by atoms with Gasteiger partial charge >= 0.3 is 0 Å². The first-order valence-corrected chi connectivity index (χ1v) is 9.42. The normalized spacial score (nSPS) is 18.2. The number of rotatable bonds is 4. The minimum absolute atomic E-state index is 0.0261. The van der Waals surface area contributed by atoms with Crippen LogP contribution in [0.15, 0.2) is 24.3 Å². The summed E-state index contributed by atoms with van der Waals surface area (Å²) in [5, 5.41) is 11.0. The number of hydrogen-bond acceptors (Lipinski definition) is 5. The predicted molar refractivity (Wildman–Crippen MR) is 99.1 cm³/mol. The molecular weight excluding hydrogens is 342 g/mol. The monoisotopic (exact) mass is 363 g/mol. The van der Waals surface area contributed by atoms with Crippen molar-refractivity contribution in [1.82, 2.24) is 10.2 Å². The second-order valence-corrected chi connectivity index (χ2v) is 8.72. The Bertz CT molecular complexity index is 721. The summed E-state index contributed by atoms with van der Waals surface area (Å²) < 4.78 is 0. The van der Waals surface area contributed by atoms with E-state index in [0.717, 1.165) is 35.1 Å². The fourth-order valence-electron chi connectivity index (χ4n) is 2.94. The summed E-state index contributed by atoms with van der Waals surface area (Å²) in [7, 11) is 0. The lowest BCUT2D eigenvalue weighted by molar-refractivity contribution is -0.119. The summed E-state index contributed by atoms with van der Waals surface area (Å²) in [6, 6.07) is 7.63. The number of anilines is 1. The van der Waals surface area contributed by atoms with Gasteiger partial charge in [0.15, 0.2) is 5.78 Å². The van der Waals surface area contributed by atoms with Crippen molar-refractivity contribution in [1.29, 1.82) is 0 Å². The number of benzene rings is 1. The molecule has 128 valence electrons. The van der Waals surface area contributed by atoms with Gasteiger partial charge in [0.1, 0.15) is 10.0 Å². The lowest BCUT2D eigenvalue weighted by Gasteiger charge is -2.25. The van der Waals surface area contributed by atoms with E-state index in [4.69, 9.17) is 11.6 Å². The predicted octanol–water partition coefficient (Wildman–Crippen LogP) is 4.27. The molecule has 24 heavy (non-hydrogen) atoms. The van der Waals surface area contributed by atoms with Crippen LogP contribution in [-0.2, 0) is 16.6 Å². The summed E-state index contributed by atoms with van der Waals surface area (Å²) >= 11 is 7.51. The first-order chi connectivity index (χ1) is 11.3. The zero-order valence-electron chi connectivity index (χ0n) is 14.3. The molecule has 0 amide bonds. The van der Waals surface area contributed by atoms with Crippen LogP contribution < -0.4 is 4.90 Å². The first-order valence-electron chi connectivity index (χ1n) is 8.22. The van der Waals surface area contributed by atoms with Crippen LogP contribution in [0.25, 0.3) is 0 Å². The molecule has 2 heterocycles. The highest BCUT2D eigenvalue weighted by atomic mass is 35.5. The third-order valence-corrected chi connectivity index (χ3v) is 5.82. The molecule has 1 saturated heterocycles. The standard InChI is InChI=1S/C18H22ClN3OS/c1-18(2,3)17-21-20-16(24-17)11-15(23)14-5-4-10-22(14)13-8-6-12(19)7-9-13/h6-9,14H,4-5,10-11H2,1-3H3/t14-/m0/s1. The van der Waals surface area contributed by atoms with Gasteiger partial charge in [0.05, 0.1) is 12.5 Å². The highest BCUT2D eigenvalue weighted by Crippen LogP contribution is 2.29. The van der Waals surface area contributed by atoms with E-state index >= 15 is 0 Å². The van der Waals surface area contributed by atoms with Crippen molar-refractivity contribution in [2.24, 2.45) is 0 Å². The highest BCUT2D eigenvalue weighted by Gasteiger charge is 2.31. The smallest absolute Gasteiger partial charge is 0.162 e. The Hall–Kier alpha value is -1.46. The molecule has 0 N–H and O–H groups in total. The van der Waals surface area contributed by atoms with E-state index in [-0.39, 0.29) is 17.2 Å². The summed E-state index contributed by atoms with van der Waals surface area (Å²) in [6.07, 6.45) is 2.29. The molecule has 1 aromatic carbocycles. The molecule has 1 aliphatic rings. The maximum absolute atomic E-state index is 12.8. The van der Waals surface area contributed by atoms with Crippen LogP contribution in [-0.4, -0.2) is 28.6 Å². The minimum atomic E-state index is -0.0758. The van der Waals surface area contributed by atoms with Gasteiger partial charge in [-0.2, -0.15) is 0 Å². The highest BCUT2D eigenvalue weighted by molar-refractivity contribution is 7.11. The Kier molecular flexibility index (Phi) is 4.92. The largest absolute Gasteiger partial charge is 0.361 e. The van der Waals surface area contributed by atoms with Gasteiger partial charge in [0.2, 0.25) is 0 Å². The Morgan fingerprint density at radius 1 is 1.29 bits per heavy atom. The molecule has 1 atom stereocenters. The number of hydrogen-bond donors (Lipinski definition) is 0. The van der Waals surface area contributed by atoms with Crippen molar-refractivity contribution in [2.75, 3.05) is 11.4 Å². The molecule has 0 radical (unpaired) electrons. The van der Waals surface area contributed by atoms with Crippen molar-refractivity contribution in [3.05, 3.63) is 39.3 Å². The number of Topliss-reactive ketones (excluding diaryl/α,β-unsaturated/α-hetero) is 1. The molecule has 1 aliphatic heterocycles. The molecule has 1 fully saturated rings. The second-order valence-electron chi connectivity index (χ2n) is 7.22. The summed E-state index contributed by atoms with van der Waals surface area (Å²) in [6.45, 7) is 7.23. The van der Waals surface area contributed by atoms with Crippen LogP contribution in [0.3, 0.4) is 0 Å². The Labute approximate surface area is 151 Å². The molecule has 3 rings (SSSR count). The lowest BCUT2D eigenvalue weighted by Crippen LogP contribution is -2.37. The summed E-state index contributed by atoms with van der Waals surface area (Å²) in [4.78, 5) is 15.0. The molecule has 0 saturated carbocycles. The maximum Gasteiger partial charge on any atom is 0.162 e.